The van der Waals surface area contributed by atoms with Gasteiger partial charge >= 0.3 is 0 Å². The van der Waals surface area contributed by atoms with Crippen molar-refractivity contribution >= 4 is 23.7 Å². The maximum atomic E-state index is 13.1. The summed E-state index contributed by atoms with van der Waals surface area (Å²) in [7, 11) is 0. The second-order valence-electron chi connectivity index (χ2n) is 3.54. The van der Waals surface area contributed by atoms with Gasteiger partial charge < -0.3 is 5.73 Å². The molecule has 0 spiro atoms. The molecule has 0 aliphatic heterocycles. The fourth-order valence-corrected chi connectivity index (χ4v) is 2.20. The van der Waals surface area contributed by atoms with Gasteiger partial charge in [-0.2, -0.15) is 11.3 Å². The maximum absolute atomic E-state index is 13.1. The number of nitrogens with two attached hydrogens (primary N) is 1. The van der Waals surface area contributed by atoms with E-state index < -0.39 is 0 Å². The molecule has 2 rings (SSSR count). The third-order valence-corrected chi connectivity index (χ3v) is 3.14. The molecular weight excluding hydrogens is 245 g/mol. The predicted octanol–water partition coefficient (Wildman–Crippen LogP) is 3.67. The Bertz CT molecular complexity index is 456. The summed E-state index contributed by atoms with van der Waals surface area (Å²) < 4.78 is 13.1. The van der Waals surface area contributed by atoms with Crippen LogP contribution in [0.3, 0.4) is 0 Å². The van der Waals surface area contributed by atoms with E-state index in [4.69, 9.17) is 5.73 Å². The van der Waals surface area contributed by atoms with E-state index in [9.17, 15) is 4.39 Å². The first-order valence-electron chi connectivity index (χ1n) is 4.72. The summed E-state index contributed by atoms with van der Waals surface area (Å²) in [5, 5.41) is 4.01. The van der Waals surface area contributed by atoms with Crippen LogP contribution in [0.1, 0.15) is 22.7 Å². The van der Waals surface area contributed by atoms with Crippen molar-refractivity contribution in [1.82, 2.24) is 0 Å². The summed E-state index contributed by atoms with van der Waals surface area (Å²) in [4.78, 5) is 0. The van der Waals surface area contributed by atoms with Crippen LogP contribution < -0.4 is 5.73 Å². The lowest BCUT2D eigenvalue weighted by atomic mass is 10.0. The number of hydrogen-bond donors (Lipinski definition) is 1. The lowest BCUT2D eigenvalue weighted by Crippen LogP contribution is -2.11. The summed E-state index contributed by atoms with van der Waals surface area (Å²) >= 11 is 1.62. The second-order valence-corrected chi connectivity index (χ2v) is 4.32. The van der Waals surface area contributed by atoms with Crippen LogP contribution in [0.2, 0.25) is 0 Å². The van der Waals surface area contributed by atoms with Crippen molar-refractivity contribution in [1.29, 1.82) is 0 Å². The quantitative estimate of drug-likeness (QED) is 0.873. The summed E-state index contributed by atoms with van der Waals surface area (Å²) in [6.07, 6.45) is 0. The molecule has 0 aliphatic rings. The number of benzene rings is 1. The monoisotopic (exact) mass is 257 g/mol. The molecule has 1 atom stereocenters. The molecule has 2 aromatic rings. The highest BCUT2D eigenvalue weighted by Crippen LogP contribution is 2.23. The van der Waals surface area contributed by atoms with Gasteiger partial charge in [0, 0.05) is 0 Å². The average Bonchev–Trinajstić information content (AvgIpc) is 2.74. The highest BCUT2D eigenvalue weighted by atomic mass is 35.5. The molecule has 0 aliphatic carbocycles. The first kappa shape index (κ1) is 13.2. The molecule has 1 nitrogen and oxygen atoms in total. The smallest absolute Gasteiger partial charge is 0.126 e. The molecule has 0 amide bonds. The van der Waals surface area contributed by atoms with E-state index in [0.29, 0.717) is 5.56 Å². The van der Waals surface area contributed by atoms with Crippen molar-refractivity contribution in [3.05, 3.63) is 57.5 Å². The molecule has 0 fully saturated rings. The number of thiophene rings is 1. The number of rotatable bonds is 2. The van der Waals surface area contributed by atoms with Gasteiger partial charge in [-0.15, -0.1) is 12.4 Å². The summed E-state index contributed by atoms with van der Waals surface area (Å²) in [6.45, 7) is 1.75. The largest absolute Gasteiger partial charge is 0.320 e. The molecule has 86 valence electrons. The summed E-state index contributed by atoms with van der Waals surface area (Å²) in [5.41, 5.74) is 8.73. The van der Waals surface area contributed by atoms with Crippen LogP contribution in [0.25, 0.3) is 0 Å². The van der Waals surface area contributed by atoms with E-state index in [1.807, 2.05) is 16.8 Å². The molecule has 0 unspecified atom stereocenters. The molecule has 16 heavy (non-hydrogen) atoms. The first-order valence-corrected chi connectivity index (χ1v) is 5.66. The van der Waals surface area contributed by atoms with Crippen molar-refractivity contribution in [3.63, 3.8) is 0 Å². The van der Waals surface area contributed by atoms with E-state index in [-0.39, 0.29) is 24.3 Å². The van der Waals surface area contributed by atoms with Gasteiger partial charge in [0.2, 0.25) is 0 Å². The van der Waals surface area contributed by atoms with Gasteiger partial charge in [0.1, 0.15) is 5.82 Å². The number of hydrogen-bond acceptors (Lipinski definition) is 2. The molecule has 0 saturated carbocycles. The van der Waals surface area contributed by atoms with Gasteiger partial charge in [0.25, 0.3) is 0 Å². The zero-order valence-corrected chi connectivity index (χ0v) is 10.4. The van der Waals surface area contributed by atoms with Crippen LogP contribution in [0.15, 0.2) is 35.0 Å². The van der Waals surface area contributed by atoms with Crippen LogP contribution in [0, 0.1) is 12.7 Å². The second kappa shape index (κ2) is 5.43. The van der Waals surface area contributed by atoms with Gasteiger partial charge in [-0.3, -0.25) is 0 Å². The molecule has 0 radical (unpaired) electrons. The minimum atomic E-state index is -0.184. The van der Waals surface area contributed by atoms with E-state index in [0.717, 1.165) is 11.1 Å². The fourth-order valence-electron chi connectivity index (χ4n) is 1.51. The standard InChI is InChI=1S/C12H12FNS.ClH/c1-8-6-9(2-3-11(8)13)12(14)10-4-5-15-7-10;/h2-7,12H,14H2,1H3;1H/t12-;/m1./s1. The highest BCUT2D eigenvalue weighted by molar-refractivity contribution is 7.08. The molecule has 0 saturated heterocycles. The molecule has 2 N–H and O–H groups in total. The Morgan fingerprint density at radius 1 is 1.25 bits per heavy atom. The molecular formula is C12H13ClFNS. The average molecular weight is 258 g/mol. The lowest BCUT2D eigenvalue weighted by molar-refractivity contribution is 0.617. The Balaban J connectivity index is 0.00000128. The molecule has 0 bridgehead atoms. The zero-order chi connectivity index (χ0) is 10.8. The van der Waals surface area contributed by atoms with Crippen molar-refractivity contribution in [3.8, 4) is 0 Å². The van der Waals surface area contributed by atoms with Crippen LogP contribution >= 0.6 is 23.7 Å². The van der Waals surface area contributed by atoms with Gasteiger partial charge in [0.05, 0.1) is 6.04 Å². The van der Waals surface area contributed by atoms with Crippen LogP contribution in [0.5, 0.6) is 0 Å². The van der Waals surface area contributed by atoms with Gasteiger partial charge in [-0.05, 0) is 46.5 Å². The predicted molar refractivity (Wildman–Crippen MR) is 68.7 cm³/mol. The Morgan fingerprint density at radius 2 is 2.00 bits per heavy atom. The van der Waals surface area contributed by atoms with Crippen LogP contribution in [0.4, 0.5) is 4.39 Å². The molecule has 1 aromatic carbocycles. The third kappa shape index (κ3) is 2.61. The molecule has 1 heterocycles. The van der Waals surface area contributed by atoms with E-state index in [1.165, 1.54) is 6.07 Å². The molecule has 4 heteroatoms. The Kier molecular flexibility index (Phi) is 4.47. The minimum Gasteiger partial charge on any atom is -0.320 e. The number of halogens is 2. The Hall–Kier alpha value is -0.900. The van der Waals surface area contributed by atoms with Gasteiger partial charge in [-0.25, -0.2) is 4.39 Å². The third-order valence-electron chi connectivity index (χ3n) is 2.44. The maximum Gasteiger partial charge on any atom is 0.126 e. The topological polar surface area (TPSA) is 26.0 Å². The van der Waals surface area contributed by atoms with Crippen molar-refractivity contribution in [2.45, 2.75) is 13.0 Å². The van der Waals surface area contributed by atoms with Crippen molar-refractivity contribution < 1.29 is 4.39 Å². The van der Waals surface area contributed by atoms with Gasteiger partial charge in [-0.1, -0.05) is 12.1 Å². The fraction of sp³-hybridized carbons (Fsp3) is 0.167. The van der Waals surface area contributed by atoms with E-state index in [1.54, 1.807) is 30.4 Å². The lowest BCUT2D eigenvalue weighted by Gasteiger charge is -2.11. The van der Waals surface area contributed by atoms with Crippen molar-refractivity contribution in [2.24, 2.45) is 5.73 Å². The Morgan fingerprint density at radius 3 is 2.56 bits per heavy atom. The molecule has 1 aromatic heterocycles. The first-order chi connectivity index (χ1) is 7.18. The zero-order valence-electron chi connectivity index (χ0n) is 8.81. The minimum absolute atomic E-state index is 0. The summed E-state index contributed by atoms with van der Waals surface area (Å²) in [6, 6.07) is 6.85. The normalized spacial score (nSPS) is 11.9. The Labute approximate surface area is 105 Å². The van der Waals surface area contributed by atoms with Crippen molar-refractivity contribution in [2.75, 3.05) is 0 Å². The van der Waals surface area contributed by atoms with Crippen LogP contribution in [-0.4, -0.2) is 0 Å². The van der Waals surface area contributed by atoms with E-state index >= 15 is 0 Å². The van der Waals surface area contributed by atoms with E-state index in [2.05, 4.69) is 0 Å². The number of aryl methyl sites for hydroxylation is 1. The SMILES string of the molecule is Cc1cc([C@@H](N)c2ccsc2)ccc1F.Cl. The van der Waals surface area contributed by atoms with Gasteiger partial charge in [0.15, 0.2) is 0 Å². The van der Waals surface area contributed by atoms with Crippen LogP contribution in [-0.2, 0) is 0 Å². The highest BCUT2D eigenvalue weighted by Gasteiger charge is 2.10. The summed E-state index contributed by atoms with van der Waals surface area (Å²) in [5.74, 6) is -0.184.